The van der Waals surface area contributed by atoms with Gasteiger partial charge in [-0.1, -0.05) is 32.9 Å². The predicted octanol–water partition coefficient (Wildman–Crippen LogP) is 5.09. The first-order chi connectivity index (χ1) is 14.2. The van der Waals surface area contributed by atoms with Gasteiger partial charge in [0.15, 0.2) is 0 Å². The number of para-hydroxylation sites is 1. The number of amides is 1. The number of hydrogen-bond acceptors (Lipinski definition) is 3. The zero-order chi connectivity index (χ0) is 21.7. The van der Waals surface area contributed by atoms with Crippen LogP contribution in [0.2, 0.25) is 0 Å². The summed E-state index contributed by atoms with van der Waals surface area (Å²) in [7, 11) is 1.55. The van der Waals surface area contributed by atoms with E-state index in [2.05, 4.69) is 26.1 Å². The van der Waals surface area contributed by atoms with E-state index in [1.807, 2.05) is 12.1 Å². The molecular formula is C25H30FNO3. The van der Waals surface area contributed by atoms with E-state index < -0.39 is 5.82 Å². The zero-order valence-corrected chi connectivity index (χ0v) is 18.1. The molecule has 0 unspecified atom stereocenters. The lowest BCUT2D eigenvalue weighted by atomic mass is 9.49. The average molecular weight is 412 g/mol. The monoisotopic (exact) mass is 411 g/mol. The van der Waals surface area contributed by atoms with Crippen LogP contribution in [0.5, 0.6) is 5.75 Å². The number of rotatable bonds is 3. The number of aliphatic hydroxyl groups excluding tert-OH is 1. The molecule has 0 aliphatic heterocycles. The molecule has 1 saturated carbocycles. The van der Waals surface area contributed by atoms with Crippen molar-refractivity contribution in [2.75, 3.05) is 12.4 Å². The first kappa shape index (κ1) is 20.9. The summed E-state index contributed by atoms with van der Waals surface area (Å²) in [5, 5.41) is 13.3. The summed E-state index contributed by atoms with van der Waals surface area (Å²) >= 11 is 0. The zero-order valence-electron chi connectivity index (χ0n) is 18.1. The molecule has 1 fully saturated rings. The van der Waals surface area contributed by atoms with Crippen molar-refractivity contribution in [3.63, 3.8) is 0 Å². The molecule has 2 aliphatic carbocycles. The molecule has 1 amide bonds. The number of methoxy groups -OCH3 is 1. The van der Waals surface area contributed by atoms with Crippen LogP contribution in [-0.2, 0) is 11.8 Å². The SMILES string of the molecule is COc1cc2c(cc1C(=O)Nc1ccccc1F)CC[C@H]1C(C)(C)[C@@H](O)CC[C@]21C. The van der Waals surface area contributed by atoms with E-state index in [-0.39, 0.29) is 28.5 Å². The van der Waals surface area contributed by atoms with Crippen molar-refractivity contribution >= 4 is 11.6 Å². The van der Waals surface area contributed by atoms with E-state index in [4.69, 9.17) is 4.74 Å². The average Bonchev–Trinajstić information content (AvgIpc) is 2.72. The molecule has 5 heteroatoms. The minimum absolute atomic E-state index is 0.0792. The lowest BCUT2D eigenvalue weighted by Crippen LogP contribution is -2.53. The van der Waals surface area contributed by atoms with Gasteiger partial charge in [0, 0.05) is 0 Å². The Morgan fingerprint density at radius 3 is 2.63 bits per heavy atom. The number of fused-ring (bicyclic) bond motifs is 3. The summed E-state index contributed by atoms with van der Waals surface area (Å²) in [4.78, 5) is 12.9. The number of anilines is 1. The minimum atomic E-state index is -0.471. The van der Waals surface area contributed by atoms with E-state index in [0.29, 0.717) is 17.2 Å². The van der Waals surface area contributed by atoms with Gasteiger partial charge >= 0.3 is 0 Å². The van der Waals surface area contributed by atoms with Gasteiger partial charge in [-0.05, 0) is 77.8 Å². The number of hydrogen-bond donors (Lipinski definition) is 2. The molecule has 0 saturated heterocycles. The van der Waals surface area contributed by atoms with Crippen LogP contribution in [-0.4, -0.2) is 24.2 Å². The number of nitrogens with one attached hydrogen (secondary N) is 1. The minimum Gasteiger partial charge on any atom is -0.496 e. The van der Waals surface area contributed by atoms with Gasteiger partial charge < -0.3 is 15.2 Å². The van der Waals surface area contributed by atoms with E-state index in [0.717, 1.165) is 31.2 Å². The first-order valence-corrected chi connectivity index (χ1v) is 10.6. The van der Waals surface area contributed by atoms with Crippen molar-refractivity contribution in [2.24, 2.45) is 11.3 Å². The fourth-order valence-corrected chi connectivity index (χ4v) is 5.81. The number of benzene rings is 2. The Bertz CT molecular complexity index is 986. The van der Waals surface area contributed by atoms with Gasteiger partial charge in [0.05, 0.1) is 24.5 Å². The van der Waals surface area contributed by atoms with Gasteiger partial charge in [-0.2, -0.15) is 0 Å². The summed E-state index contributed by atoms with van der Waals surface area (Å²) in [6.45, 7) is 6.61. The fourth-order valence-electron chi connectivity index (χ4n) is 5.81. The highest BCUT2D eigenvalue weighted by molar-refractivity contribution is 6.06. The summed E-state index contributed by atoms with van der Waals surface area (Å²) in [6.07, 6.45) is 3.17. The Kier molecular flexibility index (Phi) is 5.13. The van der Waals surface area contributed by atoms with Crippen molar-refractivity contribution in [1.29, 1.82) is 0 Å². The van der Waals surface area contributed by atoms with Crippen molar-refractivity contribution in [3.05, 3.63) is 58.9 Å². The molecule has 160 valence electrons. The molecule has 2 aliphatic rings. The molecule has 30 heavy (non-hydrogen) atoms. The van der Waals surface area contributed by atoms with Crippen LogP contribution < -0.4 is 10.1 Å². The molecule has 4 rings (SSSR count). The van der Waals surface area contributed by atoms with Crippen LogP contribution in [0.1, 0.15) is 61.5 Å². The Balaban J connectivity index is 1.73. The van der Waals surface area contributed by atoms with Crippen LogP contribution in [0.25, 0.3) is 0 Å². The Morgan fingerprint density at radius 2 is 1.93 bits per heavy atom. The second kappa shape index (κ2) is 7.38. The van der Waals surface area contributed by atoms with Gasteiger partial charge in [0.1, 0.15) is 11.6 Å². The number of carbonyl (C=O) groups excluding carboxylic acids is 1. The fraction of sp³-hybridized carbons (Fsp3) is 0.480. The highest BCUT2D eigenvalue weighted by Crippen LogP contribution is 2.57. The maximum atomic E-state index is 14.0. The van der Waals surface area contributed by atoms with Crippen molar-refractivity contribution in [2.45, 2.75) is 58.0 Å². The van der Waals surface area contributed by atoms with Crippen molar-refractivity contribution in [1.82, 2.24) is 0 Å². The van der Waals surface area contributed by atoms with Crippen molar-refractivity contribution in [3.8, 4) is 5.75 Å². The third kappa shape index (κ3) is 3.20. The number of ether oxygens (including phenoxy) is 1. The maximum Gasteiger partial charge on any atom is 0.259 e. The van der Waals surface area contributed by atoms with Crippen LogP contribution in [0.3, 0.4) is 0 Å². The third-order valence-corrected chi connectivity index (χ3v) is 7.57. The first-order valence-electron chi connectivity index (χ1n) is 10.6. The number of aliphatic hydroxyl groups is 1. The van der Waals surface area contributed by atoms with Crippen LogP contribution in [0.15, 0.2) is 36.4 Å². The standard InChI is InChI=1S/C25H30FNO3/c1-24(2)21-10-9-15-13-16(23(29)27-19-8-6-5-7-18(19)26)20(30-4)14-17(15)25(21,3)12-11-22(24)28/h5-8,13-14,21-22,28H,9-12H2,1-4H3,(H,27,29)/t21-,22-,25+/m0/s1. The second-order valence-corrected chi connectivity index (χ2v) is 9.53. The topological polar surface area (TPSA) is 58.6 Å². The van der Waals surface area contributed by atoms with Gasteiger partial charge in [0.25, 0.3) is 5.91 Å². The molecule has 0 heterocycles. The lowest BCUT2D eigenvalue weighted by molar-refractivity contribution is -0.0731. The molecule has 0 aromatic heterocycles. The molecule has 4 nitrogen and oxygen atoms in total. The van der Waals surface area contributed by atoms with Crippen LogP contribution in [0.4, 0.5) is 10.1 Å². The summed E-state index contributed by atoms with van der Waals surface area (Å²) in [5.41, 5.74) is 2.66. The van der Waals surface area contributed by atoms with Gasteiger partial charge in [0.2, 0.25) is 0 Å². The van der Waals surface area contributed by atoms with E-state index in [1.54, 1.807) is 25.3 Å². The summed E-state index contributed by atoms with van der Waals surface area (Å²) < 4.78 is 19.6. The van der Waals surface area contributed by atoms with Crippen LogP contribution >= 0.6 is 0 Å². The molecule has 2 aromatic rings. The van der Waals surface area contributed by atoms with Gasteiger partial charge in [-0.25, -0.2) is 4.39 Å². The smallest absolute Gasteiger partial charge is 0.259 e. The van der Waals surface area contributed by atoms with Gasteiger partial charge in [-0.3, -0.25) is 4.79 Å². The number of carbonyl (C=O) groups is 1. The molecule has 0 bridgehead atoms. The Morgan fingerprint density at radius 1 is 1.20 bits per heavy atom. The number of aryl methyl sites for hydroxylation is 1. The molecule has 3 atom stereocenters. The molecule has 2 N–H and O–H groups in total. The molecular weight excluding hydrogens is 381 g/mol. The van der Waals surface area contributed by atoms with Gasteiger partial charge in [-0.15, -0.1) is 0 Å². The van der Waals surface area contributed by atoms with Crippen molar-refractivity contribution < 1.29 is 19.0 Å². The summed E-state index contributed by atoms with van der Waals surface area (Å²) in [5.74, 6) is -0.00927. The molecule has 2 aromatic carbocycles. The molecule has 0 radical (unpaired) electrons. The van der Waals surface area contributed by atoms with E-state index >= 15 is 0 Å². The lowest BCUT2D eigenvalue weighted by Gasteiger charge is -2.56. The van der Waals surface area contributed by atoms with E-state index in [9.17, 15) is 14.3 Å². The highest BCUT2D eigenvalue weighted by atomic mass is 19.1. The number of halogens is 1. The Hall–Kier alpha value is -2.40. The second-order valence-electron chi connectivity index (χ2n) is 9.53. The Labute approximate surface area is 177 Å². The van der Waals surface area contributed by atoms with E-state index in [1.165, 1.54) is 11.6 Å². The normalized spacial score (nSPS) is 27.0. The summed E-state index contributed by atoms with van der Waals surface area (Å²) in [6, 6.07) is 10.0. The largest absolute Gasteiger partial charge is 0.496 e. The predicted molar refractivity (Wildman–Crippen MR) is 116 cm³/mol. The maximum absolute atomic E-state index is 14.0. The molecule has 0 spiro atoms. The quantitative estimate of drug-likeness (QED) is 0.740. The van der Waals surface area contributed by atoms with Crippen LogP contribution in [0, 0.1) is 17.2 Å². The third-order valence-electron chi connectivity index (χ3n) is 7.57. The highest BCUT2D eigenvalue weighted by Gasteiger charge is 2.53.